The van der Waals surface area contributed by atoms with E-state index < -0.39 is 4.92 Å². The van der Waals surface area contributed by atoms with Crippen LogP contribution in [0, 0.1) is 10.1 Å². The molecule has 0 unspecified atom stereocenters. The average Bonchev–Trinajstić information content (AvgIpc) is 2.44. The van der Waals surface area contributed by atoms with Crippen molar-refractivity contribution in [3.63, 3.8) is 0 Å². The van der Waals surface area contributed by atoms with Crippen molar-refractivity contribution in [2.24, 2.45) is 10.9 Å². The number of hydrogen-bond acceptors (Lipinski definition) is 6. The molecule has 21 heavy (non-hydrogen) atoms. The Morgan fingerprint density at radius 1 is 1.57 bits per heavy atom. The molecule has 2 rings (SSSR count). The van der Waals surface area contributed by atoms with Crippen molar-refractivity contribution in [3.05, 3.63) is 33.9 Å². The summed E-state index contributed by atoms with van der Waals surface area (Å²) in [5, 5.41) is 22.9. The number of amidine groups is 1. The maximum Gasteiger partial charge on any atom is 0.293 e. The van der Waals surface area contributed by atoms with Gasteiger partial charge in [0.1, 0.15) is 5.69 Å². The highest BCUT2D eigenvalue weighted by Crippen LogP contribution is 2.36. The zero-order valence-electron chi connectivity index (χ0n) is 11.9. The number of oxime groups is 1. The lowest BCUT2D eigenvalue weighted by molar-refractivity contribution is -0.384. The summed E-state index contributed by atoms with van der Waals surface area (Å²) < 4.78 is 0.0520. The first-order valence-corrected chi connectivity index (χ1v) is 7.48. The standard InChI is InChI=1S/C13H18N4O3S/c1-13(2)8-16(5-6-21-13)10-4-3-9(12(14)15-18)7-11(10)17(19)20/h3-4,7,18H,5-6,8H2,1-2H3,(H2,14,15). The van der Waals surface area contributed by atoms with Gasteiger partial charge < -0.3 is 15.8 Å². The molecule has 1 aliphatic heterocycles. The van der Waals surface area contributed by atoms with E-state index >= 15 is 0 Å². The minimum atomic E-state index is -0.432. The number of benzene rings is 1. The minimum Gasteiger partial charge on any atom is -0.409 e. The van der Waals surface area contributed by atoms with E-state index in [9.17, 15) is 10.1 Å². The Morgan fingerprint density at radius 2 is 2.29 bits per heavy atom. The van der Waals surface area contributed by atoms with Crippen molar-refractivity contribution in [2.75, 3.05) is 23.7 Å². The SMILES string of the molecule is CC1(C)CN(c2ccc(/C(N)=N/O)cc2[N+](=O)[O-])CCS1. The predicted molar refractivity (Wildman–Crippen MR) is 84.4 cm³/mol. The Kier molecular flexibility index (Phi) is 4.26. The zero-order chi connectivity index (χ0) is 15.6. The van der Waals surface area contributed by atoms with Crippen molar-refractivity contribution >= 4 is 29.0 Å². The summed E-state index contributed by atoms with van der Waals surface area (Å²) in [5.74, 6) is 0.783. The summed E-state index contributed by atoms with van der Waals surface area (Å²) in [7, 11) is 0. The van der Waals surface area contributed by atoms with Crippen LogP contribution in [0.1, 0.15) is 19.4 Å². The minimum absolute atomic E-state index is 0.0261. The highest BCUT2D eigenvalue weighted by molar-refractivity contribution is 8.00. The second kappa shape index (κ2) is 5.80. The molecule has 0 atom stereocenters. The van der Waals surface area contributed by atoms with E-state index in [-0.39, 0.29) is 16.3 Å². The van der Waals surface area contributed by atoms with E-state index in [4.69, 9.17) is 10.9 Å². The molecular weight excluding hydrogens is 292 g/mol. The third kappa shape index (κ3) is 3.38. The van der Waals surface area contributed by atoms with Crippen LogP contribution in [0.4, 0.5) is 11.4 Å². The Hall–Kier alpha value is -1.96. The maximum atomic E-state index is 11.3. The normalized spacial score (nSPS) is 18.6. The number of anilines is 1. The van der Waals surface area contributed by atoms with E-state index in [1.54, 1.807) is 12.1 Å². The third-order valence-corrected chi connectivity index (χ3v) is 4.64. The molecule has 114 valence electrons. The number of thioether (sulfide) groups is 1. The van der Waals surface area contributed by atoms with Gasteiger partial charge in [0.05, 0.1) is 4.92 Å². The van der Waals surface area contributed by atoms with Gasteiger partial charge in [0.15, 0.2) is 5.84 Å². The molecule has 1 fully saturated rings. The van der Waals surface area contributed by atoms with Crippen LogP contribution in [0.5, 0.6) is 0 Å². The lowest BCUT2D eigenvalue weighted by Crippen LogP contribution is -2.43. The lowest BCUT2D eigenvalue weighted by atomic mass is 10.1. The molecule has 0 saturated carbocycles. The zero-order valence-corrected chi connectivity index (χ0v) is 12.8. The molecule has 7 nitrogen and oxygen atoms in total. The molecule has 0 amide bonds. The summed E-state index contributed by atoms with van der Waals surface area (Å²) in [6.07, 6.45) is 0. The van der Waals surface area contributed by atoms with Gasteiger partial charge in [0.2, 0.25) is 0 Å². The summed E-state index contributed by atoms with van der Waals surface area (Å²) in [6, 6.07) is 4.64. The van der Waals surface area contributed by atoms with E-state index in [0.717, 1.165) is 18.8 Å². The molecule has 0 aliphatic carbocycles. The fourth-order valence-electron chi connectivity index (χ4n) is 2.38. The number of nitrogens with zero attached hydrogens (tertiary/aromatic N) is 3. The van der Waals surface area contributed by atoms with Gasteiger partial charge in [0, 0.05) is 35.2 Å². The van der Waals surface area contributed by atoms with Gasteiger partial charge in [-0.15, -0.1) is 0 Å². The second-order valence-electron chi connectivity index (χ2n) is 5.48. The van der Waals surface area contributed by atoms with Crippen LogP contribution < -0.4 is 10.6 Å². The molecule has 0 aromatic heterocycles. The Labute approximate surface area is 126 Å². The number of hydrogen-bond donors (Lipinski definition) is 2. The molecule has 3 N–H and O–H groups in total. The van der Waals surface area contributed by atoms with E-state index in [2.05, 4.69) is 19.0 Å². The maximum absolute atomic E-state index is 11.3. The van der Waals surface area contributed by atoms with Gasteiger partial charge in [-0.2, -0.15) is 11.8 Å². The van der Waals surface area contributed by atoms with Crippen LogP contribution in [0.25, 0.3) is 0 Å². The quantitative estimate of drug-likeness (QED) is 0.291. The Balaban J connectivity index is 2.41. The first kappa shape index (κ1) is 15.4. The molecule has 1 saturated heterocycles. The molecule has 0 bridgehead atoms. The second-order valence-corrected chi connectivity index (χ2v) is 7.28. The number of rotatable bonds is 3. The fraction of sp³-hybridized carbons (Fsp3) is 0.462. The van der Waals surface area contributed by atoms with E-state index in [1.165, 1.54) is 6.07 Å². The molecule has 1 aromatic carbocycles. The molecule has 0 radical (unpaired) electrons. The molecular formula is C13H18N4O3S. The van der Waals surface area contributed by atoms with Gasteiger partial charge in [0.25, 0.3) is 5.69 Å². The van der Waals surface area contributed by atoms with Gasteiger partial charge in [-0.1, -0.05) is 5.16 Å². The molecule has 1 heterocycles. The fourth-order valence-corrected chi connectivity index (χ4v) is 3.49. The van der Waals surface area contributed by atoms with Gasteiger partial charge >= 0.3 is 0 Å². The van der Waals surface area contributed by atoms with Crippen LogP contribution >= 0.6 is 11.8 Å². The smallest absolute Gasteiger partial charge is 0.293 e. The summed E-state index contributed by atoms with van der Waals surface area (Å²) in [5.41, 5.74) is 6.37. The van der Waals surface area contributed by atoms with Crippen LogP contribution in [0.15, 0.2) is 23.4 Å². The van der Waals surface area contributed by atoms with Gasteiger partial charge in [-0.25, -0.2) is 0 Å². The highest BCUT2D eigenvalue weighted by atomic mass is 32.2. The Morgan fingerprint density at radius 3 is 2.86 bits per heavy atom. The molecule has 1 aliphatic rings. The van der Waals surface area contributed by atoms with Crippen LogP contribution in [-0.4, -0.2) is 39.6 Å². The predicted octanol–water partition coefficient (Wildman–Crippen LogP) is 2.02. The van der Waals surface area contributed by atoms with Crippen molar-refractivity contribution < 1.29 is 10.1 Å². The summed E-state index contributed by atoms with van der Waals surface area (Å²) >= 11 is 1.86. The first-order valence-electron chi connectivity index (χ1n) is 6.49. The van der Waals surface area contributed by atoms with Crippen LogP contribution in [0.2, 0.25) is 0 Å². The van der Waals surface area contributed by atoms with Crippen molar-refractivity contribution in [2.45, 2.75) is 18.6 Å². The van der Waals surface area contributed by atoms with Crippen LogP contribution in [0.3, 0.4) is 0 Å². The third-order valence-electron chi connectivity index (χ3n) is 3.34. The van der Waals surface area contributed by atoms with Gasteiger partial charge in [-0.05, 0) is 26.0 Å². The number of nitro groups is 1. The monoisotopic (exact) mass is 310 g/mol. The first-order chi connectivity index (χ1) is 9.84. The summed E-state index contributed by atoms with van der Waals surface area (Å²) in [6.45, 7) is 5.75. The number of nitrogens with two attached hydrogens (primary N) is 1. The highest BCUT2D eigenvalue weighted by Gasteiger charge is 2.30. The van der Waals surface area contributed by atoms with Crippen molar-refractivity contribution in [1.29, 1.82) is 0 Å². The number of nitro benzene ring substituents is 1. The van der Waals surface area contributed by atoms with Gasteiger partial charge in [-0.3, -0.25) is 10.1 Å². The molecule has 1 aromatic rings. The summed E-state index contributed by atoms with van der Waals surface area (Å²) in [4.78, 5) is 12.9. The molecule has 8 heteroatoms. The van der Waals surface area contributed by atoms with Crippen molar-refractivity contribution in [3.8, 4) is 0 Å². The van der Waals surface area contributed by atoms with Crippen molar-refractivity contribution in [1.82, 2.24) is 0 Å². The molecule has 0 spiro atoms. The Bertz CT molecular complexity index is 589. The van der Waals surface area contributed by atoms with Crippen LogP contribution in [-0.2, 0) is 0 Å². The largest absolute Gasteiger partial charge is 0.409 e. The van der Waals surface area contributed by atoms with E-state index in [1.807, 2.05) is 16.7 Å². The average molecular weight is 310 g/mol. The van der Waals surface area contributed by atoms with E-state index in [0.29, 0.717) is 11.3 Å². The topological polar surface area (TPSA) is 105 Å². The lowest BCUT2D eigenvalue weighted by Gasteiger charge is -2.38.